The van der Waals surface area contributed by atoms with Gasteiger partial charge in [0.15, 0.2) is 0 Å². The number of nitrogen functional groups attached to an aromatic ring is 1. The maximum atomic E-state index is 11.2. The summed E-state index contributed by atoms with van der Waals surface area (Å²) in [5.74, 6) is 0.0722. The first-order valence-electron chi connectivity index (χ1n) is 6.36. The molecule has 1 heterocycles. The molecule has 6 heteroatoms. The third kappa shape index (κ3) is 1.93. The van der Waals surface area contributed by atoms with Crippen molar-refractivity contribution >= 4 is 17.5 Å². The summed E-state index contributed by atoms with van der Waals surface area (Å²) in [6, 6.07) is 5.18. The van der Waals surface area contributed by atoms with E-state index in [4.69, 9.17) is 5.73 Å². The number of aromatic hydroxyl groups is 1. The summed E-state index contributed by atoms with van der Waals surface area (Å²) in [4.78, 5) is 14.9. The zero-order valence-electron chi connectivity index (χ0n) is 10.5. The monoisotopic (exact) mass is 263 g/mol. The number of amides is 1. The standard InChI is InChI=1S/C13H17N3O3/c14-10-2-1-9(7-11(10)17)15-5-6-16(12(18)19)13(8-15)3-4-13/h1-2,7,17H,3-6,8,14H2,(H,18,19). The molecule has 1 aliphatic carbocycles. The van der Waals surface area contributed by atoms with Crippen LogP contribution in [-0.4, -0.2) is 46.4 Å². The van der Waals surface area contributed by atoms with Crippen LogP contribution in [0.25, 0.3) is 0 Å². The van der Waals surface area contributed by atoms with Gasteiger partial charge in [-0.15, -0.1) is 0 Å². The molecule has 19 heavy (non-hydrogen) atoms. The van der Waals surface area contributed by atoms with Gasteiger partial charge in [0.25, 0.3) is 0 Å². The van der Waals surface area contributed by atoms with E-state index in [2.05, 4.69) is 4.90 Å². The average molecular weight is 263 g/mol. The Morgan fingerprint density at radius 3 is 2.63 bits per heavy atom. The second-order valence-corrected chi connectivity index (χ2v) is 5.32. The lowest BCUT2D eigenvalue weighted by Crippen LogP contribution is -2.56. The van der Waals surface area contributed by atoms with E-state index < -0.39 is 6.09 Å². The molecule has 1 aromatic carbocycles. The Hall–Kier alpha value is -2.11. The van der Waals surface area contributed by atoms with Crippen LogP contribution in [0.4, 0.5) is 16.2 Å². The molecule has 0 unspecified atom stereocenters. The first-order valence-corrected chi connectivity index (χ1v) is 6.36. The van der Waals surface area contributed by atoms with E-state index in [0.29, 0.717) is 25.3 Å². The molecular formula is C13H17N3O3. The van der Waals surface area contributed by atoms with E-state index in [1.54, 1.807) is 17.0 Å². The Labute approximate surface area is 111 Å². The highest BCUT2D eigenvalue weighted by molar-refractivity contribution is 5.69. The number of hydrogen-bond acceptors (Lipinski definition) is 4. The van der Waals surface area contributed by atoms with E-state index in [-0.39, 0.29) is 11.3 Å². The number of nitrogens with two attached hydrogens (primary N) is 1. The number of piperazine rings is 1. The van der Waals surface area contributed by atoms with Gasteiger partial charge in [0, 0.05) is 31.4 Å². The van der Waals surface area contributed by atoms with E-state index in [0.717, 1.165) is 18.5 Å². The van der Waals surface area contributed by atoms with Gasteiger partial charge in [-0.2, -0.15) is 0 Å². The molecule has 4 N–H and O–H groups in total. The third-order valence-corrected chi connectivity index (χ3v) is 4.09. The number of phenolic OH excluding ortho intramolecular Hbond substituents is 1. The van der Waals surface area contributed by atoms with Crippen LogP contribution < -0.4 is 10.6 Å². The molecule has 0 radical (unpaired) electrons. The lowest BCUT2D eigenvalue weighted by molar-refractivity contribution is 0.110. The van der Waals surface area contributed by atoms with Crippen molar-refractivity contribution in [1.29, 1.82) is 0 Å². The van der Waals surface area contributed by atoms with Gasteiger partial charge >= 0.3 is 6.09 Å². The molecule has 102 valence electrons. The van der Waals surface area contributed by atoms with Crippen molar-refractivity contribution in [3.8, 4) is 5.75 Å². The molecular weight excluding hydrogens is 246 g/mol. The molecule has 1 amide bonds. The zero-order valence-corrected chi connectivity index (χ0v) is 10.5. The first-order chi connectivity index (χ1) is 9.02. The Kier molecular flexibility index (Phi) is 2.48. The van der Waals surface area contributed by atoms with Gasteiger partial charge < -0.3 is 20.8 Å². The molecule has 2 fully saturated rings. The molecule has 6 nitrogen and oxygen atoms in total. The van der Waals surface area contributed by atoms with Crippen LogP contribution in [0.1, 0.15) is 12.8 Å². The van der Waals surface area contributed by atoms with Crippen LogP contribution in [0.2, 0.25) is 0 Å². The number of phenols is 1. The van der Waals surface area contributed by atoms with Gasteiger partial charge in [0.2, 0.25) is 0 Å². The van der Waals surface area contributed by atoms with Crippen molar-refractivity contribution in [3.63, 3.8) is 0 Å². The minimum absolute atomic E-state index is 0.0722. The fraction of sp³-hybridized carbons (Fsp3) is 0.462. The van der Waals surface area contributed by atoms with Crippen molar-refractivity contribution in [2.45, 2.75) is 18.4 Å². The number of carbonyl (C=O) groups is 1. The highest BCUT2D eigenvalue weighted by Crippen LogP contribution is 2.45. The van der Waals surface area contributed by atoms with Crippen molar-refractivity contribution in [2.75, 3.05) is 30.3 Å². The SMILES string of the molecule is Nc1ccc(N2CCN(C(=O)O)C3(CC3)C2)cc1O. The molecule has 0 aromatic heterocycles. The van der Waals surface area contributed by atoms with Crippen molar-refractivity contribution in [2.24, 2.45) is 0 Å². The Morgan fingerprint density at radius 1 is 1.32 bits per heavy atom. The molecule has 1 spiro atoms. The zero-order chi connectivity index (χ0) is 13.6. The molecule has 1 aromatic rings. The summed E-state index contributed by atoms with van der Waals surface area (Å²) >= 11 is 0. The molecule has 1 saturated carbocycles. The van der Waals surface area contributed by atoms with Gasteiger partial charge in [-0.05, 0) is 25.0 Å². The lowest BCUT2D eigenvalue weighted by atomic mass is 10.1. The smallest absolute Gasteiger partial charge is 0.407 e. The highest BCUT2D eigenvalue weighted by Gasteiger charge is 2.53. The fourth-order valence-corrected chi connectivity index (χ4v) is 2.80. The normalized spacial score (nSPS) is 20.6. The number of benzene rings is 1. The van der Waals surface area contributed by atoms with Gasteiger partial charge in [-0.25, -0.2) is 4.79 Å². The largest absolute Gasteiger partial charge is 0.506 e. The summed E-state index contributed by atoms with van der Waals surface area (Å²) in [5, 5.41) is 18.9. The van der Waals surface area contributed by atoms with E-state index in [1.165, 1.54) is 0 Å². The summed E-state index contributed by atoms with van der Waals surface area (Å²) in [5.41, 5.74) is 6.62. The minimum Gasteiger partial charge on any atom is -0.506 e. The molecule has 1 aliphatic heterocycles. The molecule has 0 atom stereocenters. The fourth-order valence-electron chi connectivity index (χ4n) is 2.80. The predicted octanol–water partition coefficient (Wildman–Crippen LogP) is 1.31. The number of anilines is 2. The van der Waals surface area contributed by atoms with Crippen LogP contribution in [0.5, 0.6) is 5.75 Å². The summed E-state index contributed by atoms with van der Waals surface area (Å²) in [6.45, 7) is 1.82. The third-order valence-electron chi connectivity index (χ3n) is 4.09. The van der Waals surface area contributed by atoms with Crippen LogP contribution >= 0.6 is 0 Å². The van der Waals surface area contributed by atoms with Crippen molar-refractivity contribution in [1.82, 2.24) is 4.90 Å². The summed E-state index contributed by atoms with van der Waals surface area (Å²) in [7, 11) is 0. The van der Waals surface area contributed by atoms with Gasteiger partial charge in [0.1, 0.15) is 5.75 Å². The lowest BCUT2D eigenvalue weighted by Gasteiger charge is -2.41. The molecule has 1 saturated heterocycles. The molecule has 2 aliphatic rings. The Morgan fingerprint density at radius 2 is 2.05 bits per heavy atom. The second kappa shape index (κ2) is 3.94. The maximum absolute atomic E-state index is 11.2. The Balaban J connectivity index is 1.81. The van der Waals surface area contributed by atoms with E-state index in [1.807, 2.05) is 6.07 Å². The number of carboxylic acid groups (broad SMARTS) is 1. The van der Waals surface area contributed by atoms with Crippen LogP contribution in [0, 0.1) is 0 Å². The van der Waals surface area contributed by atoms with Crippen molar-refractivity contribution < 1.29 is 15.0 Å². The quantitative estimate of drug-likeness (QED) is 0.525. The van der Waals surface area contributed by atoms with Gasteiger partial charge in [-0.1, -0.05) is 0 Å². The predicted molar refractivity (Wildman–Crippen MR) is 71.4 cm³/mol. The van der Waals surface area contributed by atoms with Crippen LogP contribution in [0.15, 0.2) is 18.2 Å². The van der Waals surface area contributed by atoms with Crippen LogP contribution in [0.3, 0.4) is 0 Å². The van der Waals surface area contributed by atoms with Gasteiger partial charge in [-0.3, -0.25) is 4.90 Å². The highest BCUT2D eigenvalue weighted by atomic mass is 16.4. The molecule has 3 rings (SSSR count). The summed E-state index contributed by atoms with van der Waals surface area (Å²) in [6.07, 6.45) is 0.991. The van der Waals surface area contributed by atoms with Crippen molar-refractivity contribution in [3.05, 3.63) is 18.2 Å². The minimum atomic E-state index is -0.836. The number of nitrogens with zero attached hydrogens (tertiary/aromatic N) is 2. The number of rotatable bonds is 1. The van der Waals surface area contributed by atoms with E-state index >= 15 is 0 Å². The van der Waals surface area contributed by atoms with Gasteiger partial charge in [0.05, 0.1) is 11.2 Å². The van der Waals surface area contributed by atoms with Crippen LogP contribution in [-0.2, 0) is 0 Å². The maximum Gasteiger partial charge on any atom is 0.407 e. The topological polar surface area (TPSA) is 90.0 Å². The Bertz CT molecular complexity index is 528. The summed E-state index contributed by atoms with van der Waals surface area (Å²) < 4.78 is 0. The molecule has 0 bridgehead atoms. The first kappa shape index (κ1) is 12.0. The second-order valence-electron chi connectivity index (χ2n) is 5.32. The number of hydrogen-bond donors (Lipinski definition) is 3. The van der Waals surface area contributed by atoms with E-state index in [9.17, 15) is 15.0 Å². The average Bonchev–Trinajstić information content (AvgIpc) is 3.12.